The second-order valence-corrected chi connectivity index (χ2v) is 4.50. The summed E-state index contributed by atoms with van der Waals surface area (Å²) in [5.41, 5.74) is 0. The van der Waals surface area contributed by atoms with Crippen molar-refractivity contribution in [2.24, 2.45) is 0 Å². The molecule has 3 nitrogen and oxygen atoms in total. The predicted molar refractivity (Wildman–Crippen MR) is 64.2 cm³/mol. The van der Waals surface area contributed by atoms with E-state index in [9.17, 15) is 0 Å². The van der Waals surface area contributed by atoms with Gasteiger partial charge in [-0.15, -0.1) is 0 Å². The van der Waals surface area contributed by atoms with Gasteiger partial charge in [0, 0.05) is 25.7 Å². The summed E-state index contributed by atoms with van der Waals surface area (Å²) in [6.07, 6.45) is 6.47. The molecule has 0 radical (unpaired) electrons. The lowest BCUT2D eigenvalue weighted by molar-refractivity contribution is 0.159. The SMILES string of the molecule is CCCC(COC)NCC1CCCCN1. The van der Waals surface area contributed by atoms with Crippen LogP contribution in [0.1, 0.15) is 39.0 Å². The highest BCUT2D eigenvalue weighted by atomic mass is 16.5. The van der Waals surface area contributed by atoms with Gasteiger partial charge in [-0.25, -0.2) is 0 Å². The zero-order valence-corrected chi connectivity index (χ0v) is 10.2. The van der Waals surface area contributed by atoms with Crippen molar-refractivity contribution >= 4 is 0 Å². The zero-order chi connectivity index (χ0) is 10.9. The minimum absolute atomic E-state index is 0.531. The highest BCUT2D eigenvalue weighted by Crippen LogP contribution is 2.06. The van der Waals surface area contributed by atoms with E-state index in [0.717, 1.165) is 13.2 Å². The summed E-state index contributed by atoms with van der Waals surface area (Å²) in [5, 5.41) is 7.16. The Bertz CT molecular complexity index is 141. The van der Waals surface area contributed by atoms with E-state index in [2.05, 4.69) is 17.6 Å². The van der Waals surface area contributed by atoms with Crippen LogP contribution in [-0.2, 0) is 4.74 Å². The Hall–Kier alpha value is -0.120. The van der Waals surface area contributed by atoms with Crippen molar-refractivity contribution in [3.05, 3.63) is 0 Å². The molecule has 2 unspecified atom stereocenters. The van der Waals surface area contributed by atoms with E-state index in [0.29, 0.717) is 12.1 Å². The molecule has 3 heteroatoms. The van der Waals surface area contributed by atoms with E-state index in [1.54, 1.807) is 7.11 Å². The summed E-state index contributed by atoms with van der Waals surface area (Å²) in [7, 11) is 1.78. The van der Waals surface area contributed by atoms with Crippen LogP contribution in [-0.4, -0.2) is 38.9 Å². The molecule has 0 aliphatic carbocycles. The van der Waals surface area contributed by atoms with Crippen molar-refractivity contribution in [3.8, 4) is 0 Å². The van der Waals surface area contributed by atoms with E-state index >= 15 is 0 Å². The van der Waals surface area contributed by atoms with Crippen LogP contribution in [0.4, 0.5) is 0 Å². The van der Waals surface area contributed by atoms with E-state index in [1.807, 2.05) is 0 Å². The topological polar surface area (TPSA) is 33.3 Å². The van der Waals surface area contributed by atoms with Gasteiger partial charge in [-0.3, -0.25) is 0 Å². The highest BCUT2D eigenvalue weighted by molar-refractivity contribution is 4.76. The molecule has 1 fully saturated rings. The van der Waals surface area contributed by atoms with Crippen molar-refractivity contribution in [1.29, 1.82) is 0 Å². The van der Waals surface area contributed by atoms with Crippen LogP contribution in [0, 0.1) is 0 Å². The Morgan fingerprint density at radius 2 is 2.33 bits per heavy atom. The summed E-state index contributed by atoms with van der Waals surface area (Å²) in [5.74, 6) is 0. The van der Waals surface area contributed by atoms with E-state index in [-0.39, 0.29) is 0 Å². The molecule has 0 aromatic heterocycles. The predicted octanol–water partition coefficient (Wildman–Crippen LogP) is 1.53. The molecule has 0 amide bonds. The third-order valence-corrected chi connectivity index (χ3v) is 3.07. The number of ether oxygens (including phenoxy) is 1. The maximum absolute atomic E-state index is 5.21. The fourth-order valence-electron chi connectivity index (χ4n) is 2.20. The molecule has 0 aromatic carbocycles. The Labute approximate surface area is 94.0 Å². The fourth-order valence-corrected chi connectivity index (χ4v) is 2.20. The van der Waals surface area contributed by atoms with Crippen molar-refractivity contribution in [3.63, 3.8) is 0 Å². The first-order valence-electron chi connectivity index (χ1n) is 6.32. The number of nitrogens with one attached hydrogen (secondary N) is 2. The molecule has 1 rings (SSSR count). The summed E-state index contributed by atoms with van der Waals surface area (Å²) in [6, 6.07) is 1.21. The number of rotatable bonds is 7. The summed E-state index contributed by atoms with van der Waals surface area (Å²) in [4.78, 5) is 0. The van der Waals surface area contributed by atoms with Crippen LogP contribution in [0.15, 0.2) is 0 Å². The van der Waals surface area contributed by atoms with E-state index < -0.39 is 0 Å². The molecule has 0 aromatic rings. The van der Waals surface area contributed by atoms with Crippen LogP contribution < -0.4 is 10.6 Å². The van der Waals surface area contributed by atoms with Gasteiger partial charge in [0.1, 0.15) is 0 Å². The molecule has 0 spiro atoms. The second-order valence-electron chi connectivity index (χ2n) is 4.50. The van der Waals surface area contributed by atoms with Crippen molar-refractivity contribution < 1.29 is 4.74 Å². The first kappa shape index (κ1) is 12.9. The van der Waals surface area contributed by atoms with Crippen molar-refractivity contribution in [2.75, 3.05) is 26.8 Å². The van der Waals surface area contributed by atoms with Gasteiger partial charge in [0.25, 0.3) is 0 Å². The smallest absolute Gasteiger partial charge is 0.0615 e. The molecule has 90 valence electrons. The molecule has 1 saturated heterocycles. The summed E-state index contributed by atoms with van der Waals surface area (Å²) >= 11 is 0. The Morgan fingerprint density at radius 1 is 1.47 bits per heavy atom. The van der Waals surface area contributed by atoms with Crippen LogP contribution in [0.3, 0.4) is 0 Å². The molecule has 0 saturated carbocycles. The molecule has 1 heterocycles. The van der Waals surface area contributed by atoms with E-state index in [1.165, 1.54) is 38.6 Å². The van der Waals surface area contributed by atoms with Crippen LogP contribution >= 0.6 is 0 Å². The lowest BCUT2D eigenvalue weighted by Gasteiger charge is -2.26. The third-order valence-electron chi connectivity index (χ3n) is 3.07. The number of methoxy groups -OCH3 is 1. The Balaban J connectivity index is 2.13. The molecular weight excluding hydrogens is 188 g/mol. The Kier molecular flexibility index (Phi) is 6.98. The van der Waals surface area contributed by atoms with E-state index in [4.69, 9.17) is 4.74 Å². The molecule has 15 heavy (non-hydrogen) atoms. The van der Waals surface area contributed by atoms with Crippen LogP contribution in [0.5, 0.6) is 0 Å². The minimum atomic E-state index is 0.531. The average Bonchev–Trinajstić information content (AvgIpc) is 2.28. The molecule has 0 bridgehead atoms. The third kappa shape index (κ3) is 5.50. The molecule has 1 aliphatic rings. The van der Waals surface area contributed by atoms with Gasteiger partial charge in [-0.2, -0.15) is 0 Å². The molecule has 2 N–H and O–H groups in total. The highest BCUT2D eigenvalue weighted by Gasteiger charge is 2.14. The summed E-state index contributed by atoms with van der Waals surface area (Å²) in [6.45, 7) is 5.34. The molecule has 2 atom stereocenters. The van der Waals surface area contributed by atoms with Crippen molar-refractivity contribution in [1.82, 2.24) is 10.6 Å². The number of hydrogen-bond acceptors (Lipinski definition) is 3. The maximum atomic E-state index is 5.21. The van der Waals surface area contributed by atoms with Gasteiger partial charge < -0.3 is 15.4 Å². The van der Waals surface area contributed by atoms with Crippen LogP contribution in [0.2, 0.25) is 0 Å². The number of hydrogen-bond donors (Lipinski definition) is 2. The second kappa shape index (κ2) is 8.08. The van der Waals surface area contributed by atoms with Gasteiger partial charge in [-0.1, -0.05) is 19.8 Å². The van der Waals surface area contributed by atoms with Crippen molar-refractivity contribution in [2.45, 2.75) is 51.1 Å². The zero-order valence-electron chi connectivity index (χ0n) is 10.2. The van der Waals surface area contributed by atoms with Gasteiger partial charge in [-0.05, 0) is 25.8 Å². The van der Waals surface area contributed by atoms with Gasteiger partial charge >= 0.3 is 0 Å². The van der Waals surface area contributed by atoms with Crippen LogP contribution in [0.25, 0.3) is 0 Å². The lowest BCUT2D eigenvalue weighted by Crippen LogP contribution is -2.45. The average molecular weight is 214 g/mol. The monoisotopic (exact) mass is 214 g/mol. The first-order chi connectivity index (χ1) is 7.36. The summed E-state index contributed by atoms with van der Waals surface area (Å²) < 4.78 is 5.21. The lowest BCUT2D eigenvalue weighted by atomic mass is 10.0. The quantitative estimate of drug-likeness (QED) is 0.674. The number of piperidine rings is 1. The van der Waals surface area contributed by atoms with Gasteiger partial charge in [0.15, 0.2) is 0 Å². The largest absolute Gasteiger partial charge is 0.383 e. The first-order valence-corrected chi connectivity index (χ1v) is 6.32. The molecular formula is C12H26N2O. The Morgan fingerprint density at radius 3 is 2.93 bits per heavy atom. The molecule has 1 aliphatic heterocycles. The standard InChI is InChI=1S/C12H26N2O/c1-3-6-12(10-15-2)14-9-11-7-4-5-8-13-11/h11-14H,3-10H2,1-2H3. The normalized spacial score (nSPS) is 24.0. The van der Waals surface area contributed by atoms with Gasteiger partial charge in [0.2, 0.25) is 0 Å². The minimum Gasteiger partial charge on any atom is -0.383 e. The maximum Gasteiger partial charge on any atom is 0.0615 e. The van der Waals surface area contributed by atoms with Gasteiger partial charge in [0.05, 0.1) is 6.61 Å². The fraction of sp³-hybridized carbons (Fsp3) is 1.00.